The van der Waals surface area contributed by atoms with E-state index in [2.05, 4.69) is 21.4 Å². The van der Waals surface area contributed by atoms with Gasteiger partial charge in [0.15, 0.2) is 0 Å². The predicted octanol–water partition coefficient (Wildman–Crippen LogP) is 5.60. The average molecular weight is 485 g/mol. The van der Waals surface area contributed by atoms with Crippen LogP contribution >= 0.6 is 11.6 Å². The maximum absolute atomic E-state index is 9.04. The minimum atomic E-state index is 0.431. The van der Waals surface area contributed by atoms with E-state index < -0.39 is 0 Å². The Hall–Kier alpha value is -4.15. The topological polar surface area (TPSA) is 85.9 Å². The number of aromatic nitrogens is 1. The van der Waals surface area contributed by atoms with E-state index in [9.17, 15) is 0 Å². The molecule has 0 saturated carbocycles. The summed E-state index contributed by atoms with van der Waals surface area (Å²) in [6.07, 6.45) is 7.29. The number of benzene rings is 2. The predicted molar refractivity (Wildman–Crippen MR) is 141 cm³/mol. The van der Waals surface area contributed by atoms with Crippen LogP contribution in [-0.2, 0) is 0 Å². The maximum atomic E-state index is 9.04. The van der Waals surface area contributed by atoms with E-state index >= 15 is 0 Å². The first-order valence-electron chi connectivity index (χ1n) is 11.1. The molecule has 0 fully saturated rings. The van der Waals surface area contributed by atoms with E-state index in [1.807, 2.05) is 68.4 Å². The highest BCUT2D eigenvalue weighted by atomic mass is 35.5. The second-order valence-corrected chi connectivity index (χ2v) is 8.59. The number of ether oxygens (including phenoxy) is 1. The number of rotatable bonds is 3. The number of nitrogens with zero attached hydrogens (tertiary/aromatic N) is 5. The summed E-state index contributed by atoms with van der Waals surface area (Å²) in [5.41, 5.74) is 5.23. The molecule has 0 aliphatic carbocycles. The third-order valence-corrected chi connectivity index (χ3v) is 5.66. The lowest BCUT2D eigenvalue weighted by Gasteiger charge is -2.19. The van der Waals surface area contributed by atoms with Gasteiger partial charge >= 0.3 is 0 Å². The van der Waals surface area contributed by atoms with Gasteiger partial charge < -0.3 is 15.0 Å². The van der Waals surface area contributed by atoms with Gasteiger partial charge in [-0.1, -0.05) is 11.6 Å². The van der Waals surface area contributed by atoms with Gasteiger partial charge in [-0.15, -0.1) is 0 Å². The molecule has 176 valence electrons. The van der Waals surface area contributed by atoms with E-state index in [0.717, 1.165) is 33.7 Å². The Morgan fingerprint density at radius 2 is 1.86 bits per heavy atom. The van der Waals surface area contributed by atoms with E-state index in [-0.39, 0.29) is 0 Å². The molecule has 0 unspecified atom stereocenters. The van der Waals surface area contributed by atoms with Crippen LogP contribution in [0.4, 0.5) is 5.69 Å². The van der Waals surface area contributed by atoms with Gasteiger partial charge in [-0.2, -0.15) is 10.3 Å². The molecule has 1 aliphatic rings. The van der Waals surface area contributed by atoms with Gasteiger partial charge in [-0.25, -0.2) is 4.99 Å². The number of aliphatic imine (C=N–C) groups is 2. The molecular weight excluding hydrogens is 460 g/mol. The first kappa shape index (κ1) is 24.0. The largest absolute Gasteiger partial charge is 0.440 e. The fraction of sp³-hybridized carbons (Fsp3) is 0.185. The lowest BCUT2D eigenvalue weighted by Crippen LogP contribution is -2.27. The summed E-state index contributed by atoms with van der Waals surface area (Å²) in [5, 5.41) is 12.9. The molecule has 1 aromatic heterocycles. The zero-order valence-corrected chi connectivity index (χ0v) is 20.5. The second-order valence-electron chi connectivity index (χ2n) is 8.18. The van der Waals surface area contributed by atoms with Crippen LogP contribution in [-0.4, -0.2) is 41.9 Å². The fourth-order valence-corrected chi connectivity index (χ4v) is 3.92. The first-order valence-corrected chi connectivity index (χ1v) is 11.5. The van der Waals surface area contributed by atoms with Crippen LogP contribution in [0.2, 0.25) is 5.02 Å². The number of anilines is 1. The van der Waals surface area contributed by atoms with Crippen LogP contribution in [0.15, 0.2) is 77.1 Å². The van der Waals surface area contributed by atoms with Crippen molar-refractivity contribution in [3.05, 3.63) is 88.8 Å². The number of aryl methyl sites for hydroxylation is 2. The Morgan fingerprint density at radius 3 is 2.54 bits per heavy atom. The van der Waals surface area contributed by atoms with Crippen molar-refractivity contribution in [2.75, 3.05) is 25.5 Å². The molecule has 7 nitrogen and oxygen atoms in total. The van der Waals surface area contributed by atoms with Crippen LogP contribution < -0.4 is 10.1 Å². The normalized spacial score (nSPS) is 16.0. The molecule has 2 heterocycles. The highest BCUT2D eigenvalue weighted by Gasteiger charge is 2.15. The molecule has 8 heteroatoms. The summed E-state index contributed by atoms with van der Waals surface area (Å²) < 4.78 is 6.37. The van der Waals surface area contributed by atoms with Crippen molar-refractivity contribution in [3.63, 3.8) is 0 Å². The number of nitrogens with one attached hydrogen (secondary N) is 1. The summed E-state index contributed by atoms with van der Waals surface area (Å²) in [7, 11) is 1.96. The highest BCUT2D eigenvalue weighted by molar-refractivity contribution is 6.33. The quantitative estimate of drug-likeness (QED) is 0.523. The van der Waals surface area contributed by atoms with Crippen molar-refractivity contribution in [3.8, 4) is 22.9 Å². The third-order valence-electron chi connectivity index (χ3n) is 5.36. The van der Waals surface area contributed by atoms with Gasteiger partial charge in [0.25, 0.3) is 0 Å². The van der Waals surface area contributed by atoms with Crippen LogP contribution in [0.3, 0.4) is 0 Å². The standard InChI is InChI=1S/C27H25ClN6O/c1-18-13-21(23-9-11-30-16-24(23)28)14-19(2)26(18)35-25-17-34(3)12-4-10-31-27(33-25)32-22-7-5-20(15-29)6-8-22/h4-9,11-14,16H,10,17H2,1-3H3,(H,31,32)/b12-4-,33-25+. The highest BCUT2D eigenvalue weighted by Crippen LogP contribution is 2.33. The summed E-state index contributed by atoms with van der Waals surface area (Å²) >= 11 is 6.36. The van der Waals surface area contributed by atoms with E-state index in [1.54, 1.807) is 24.5 Å². The summed E-state index contributed by atoms with van der Waals surface area (Å²) in [6, 6.07) is 15.3. The number of guanidine groups is 1. The van der Waals surface area contributed by atoms with Crippen LogP contribution in [0, 0.1) is 25.2 Å². The van der Waals surface area contributed by atoms with Gasteiger partial charge in [0.05, 0.1) is 29.7 Å². The molecule has 0 atom stereocenters. The molecule has 0 radical (unpaired) electrons. The number of hydrogen-bond donors (Lipinski definition) is 1. The fourth-order valence-electron chi connectivity index (χ4n) is 3.69. The molecule has 4 rings (SSSR count). The number of halogens is 1. The summed E-state index contributed by atoms with van der Waals surface area (Å²) in [6.45, 7) is 4.94. The molecule has 0 amide bonds. The Balaban J connectivity index is 1.64. The zero-order valence-electron chi connectivity index (χ0n) is 19.8. The third kappa shape index (κ3) is 6.05. The minimum absolute atomic E-state index is 0.431. The maximum Gasteiger partial charge on any atom is 0.225 e. The van der Waals surface area contributed by atoms with Crippen LogP contribution in [0.25, 0.3) is 11.1 Å². The number of nitriles is 1. The van der Waals surface area contributed by atoms with E-state index in [1.165, 1.54) is 0 Å². The average Bonchev–Trinajstić information content (AvgIpc) is 2.92. The first-order chi connectivity index (χ1) is 16.9. The molecular formula is C27H25ClN6O. The molecule has 0 saturated heterocycles. The lowest BCUT2D eigenvalue weighted by molar-refractivity contribution is 0.455. The van der Waals surface area contributed by atoms with Crippen molar-refractivity contribution in [1.82, 2.24) is 9.88 Å². The summed E-state index contributed by atoms with van der Waals surface area (Å²) in [4.78, 5) is 15.3. The molecule has 0 bridgehead atoms. The van der Waals surface area contributed by atoms with E-state index in [4.69, 9.17) is 26.6 Å². The van der Waals surface area contributed by atoms with Gasteiger partial charge in [0, 0.05) is 30.7 Å². The Kier molecular flexibility index (Phi) is 7.44. The Morgan fingerprint density at radius 1 is 1.11 bits per heavy atom. The van der Waals surface area contributed by atoms with Crippen molar-refractivity contribution in [1.29, 1.82) is 5.26 Å². The van der Waals surface area contributed by atoms with Gasteiger partial charge in [-0.3, -0.25) is 4.98 Å². The molecule has 1 N–H and O–H groups in total. The monoisotopic (exact) mass is 484 g/mol. The van der Waals surface area contributed by atoms with Crippen molar-refractivity contribution in [2.45, 2.75) is 13.8 Å². The van der Waals surface area contributed by atoms with E-state index in [0.29, 0.717) is 35.5 Å². The van der Waals surface area contributed by atoms with Gasteiger partial charge in [-0.05, 0) is 85.3 Å². The molecule has 1 aliphatic heterocycles. The number of likely N-dealkylation sites (N-methyl/N-ethyl adjacent to an activating group) is 1. The zero-order chi connectivity index (χ0) is 24.8. The number of hydrogen-bond acceptors (Lipinski definition) is 7. The molecule has 35 heavy (non-hydrogen) atoms. The van der Waals surface area contributed by atoms with Crippen LogP contribution in [0.5, 0.6) is 5.75 Å². The molecule has 0 spiro atoms. The Bertz CT molecular complexity index is 1330. The molecule has 2 aromatic carbocycles. The van der Waals surface area contributed by atoms with Crippen molar-refractivity contribution >= 4 is 29.1 Å². The lowest BCUT2D eigenvalue weighted by atomic mass is 10.0. The van der Waals surface area contributed by atoms with Crippen molar-refractivity contribution < 1.29 is 4.74 Å². The minimum Gasteiger partial charge on any atom is -0.440 e. The summed E-state index contributed by atoms with van der Waals surface area (Å²) in [5.74, 6) is 1.67. The Labute approximate surface area is 210 Å². The van der Waals surface area contributed by atoms with Gasteiger partial charge in [0.2, 0.25) is 11.9 Å². The van der Waals surface area contributed by atoms with Gasteiger partial charge in [0.1, 0.15) is 5.75 Å². The smallest absolute Gasteiger partial charge is 0.225 e. The SMILES string of the molecule is Cc1cc(-c2ccncc2Cl)cc(C)c1O/C1=N/C(Nc2ccc(C#N)cc2)=NC/C=C\N(C)C1. The van der Waals surface area contributed by atoms with Crippen molar-refractivity contribution in [2.24, 2.45) is 9.98 Å². The number of pyridine rings is 1. The second kappa shape index (κ2) is 10.9. The van der Waals surface area contributed by atoms with Crippen LogP contribution in [0.1, 0.15) is 16.7 Å². The molecule has 3 aromatic rings.